The molecule has 0 spiro atoms. The highest BCUT2D eigenvalue weighted by atomic mass is 79.9. The van der Waals surface area contributed by atoms with Gasteiger partial charge in [0.1, 0.15) is 5.69 Å². The highest BCUT2D eigenvalue weighted by Gasteiger charge is 2.23. The van der Waals surface area contributed by atoms with E-state index in [2.05, 4.69) is 31.3 Å². The number of carbonyl (C=O) groups excluding carboxylic acids is 1. The van der Waals surface area contributed by atoms with Crippen molar-refractivity contribution in [2.75, 3.05) is 6.61 Å². The van der Waals surface area contributed by atoms with Gasteiger partial charge in [-0.15, -0.1) is 0 Å². The van der Waals surface area contributed by atoms with Crippen molar-refractivity contribution in [3.05, 3.63) is 22.3 Å². The number of nitrogens with one attached hydrogen (secondary N) is 1. The minimum atomic E-state index is -0.640. The molecule has 0 atom stereocenters. The van der Waals surface area contributed by atoms with Crippen LogP contribution in [0.15, 0.2) is 16.6 Å². The maximum absolute atomic E-state index is 11.5. The summed E-state index contributed by atoms with van der Waals surface area (Å²) < 4.78 is 12.6. The highest BCUT2D eigenvalue weighted by molar-refractivity contribution is 9.10. The number of hydrogen-bond donors (Lipinski definition) is 2. The molecule has 0 aliphatic heterocycles. The molecule has 1 fully saturated rings. The minimum absolute atomic E-state index is 0.0915. The monoisotopic (exact) mass is 394 g/mol. The van der Waals surface area contributed by atoms with Gasteiger partial charge in [0, 0.05) is 5.56 Å². The van der Waals surface area contributed by atoms with E-state index in [9.17, 15) is 4.79 Å². The van der Waals surface area contributed by atoms with E-state index in [4.69, 9.17) is 15.2 Å². The Bertz CT molecular complexity index is 741. The number of amides is 1. The Kier molecular flexibility index (Phi) is 5.03. The molecular weight excluding hydrogens is 376 g/mol. The van der Waals surface area contributed by atoms with Crippen molar-refractivity contribution in [1.82, 2.24) is 15.4 Å². The number of rotatable bonds is 6. The second-order valence-corrected chi connectivity index (χ2v) is 6.48. The fraction of sp³-hybridized carbons (Fsp3) is 0.438. The zero-order valence-corrected chi connectivity index (χ0v) is 14.9. The first-order valence-electron chi connectivity index (χ1n) is 7.94. The topological polar surface area (TPSA) is 103 Å². The molecule has 1 saturated carbocycles. The van der Waals surface area contributed by atoms with Crippen molar-refractivity contribution in [3.63, 3.8) is 0 Å². The van der Waals surface area contributed by atoms with Crippen LogP contribution in [-0.2, 0) is 0 Å². The first kappa shape index (κ1) is 16.8. The van der Waals surface area contributed by atoms with Gasteiger partial charge in [0.25, 0.3) is 5.91 Å². The number of hydrogen-bond acceptors (Lipinski definition) is 5. The molecule has 1 heterocycles. The Morgan fingerprint density at radius 2 is 2.12 bits per heavy atom. The van der Waals surface area contributed by atoms with Crippen LogP contribution in [0.3, 0.4) is 0 Å². The summed E-state index contributed by atoms with van der Waals surface area (Å²) in [5.74, 6) is 0.642. The number of primary amides is 1. The van der Waals surface area contributed by atoms with Gasteiger partial charge in [-0.2, -0.15) is 15.4 Å². The number of benzene rings is 1. The van der Waals surface area contributed by atoms with Gasteiger partial charge in [0.2, 0.25) is 0 Å². The molecule has 1 aromatic carbocycles. The zero-order chi connectivity index (χ0) is 17.1. The van der Waals surface area contributed by atoms with Crippen LogP contribution >= 0.6 is 15.9 Å². The molecule has 24 heavy (non-hydrogen) atoms. The third kappa shape index (κ3) is 3.38. The van der Waals surface area contributed by atoms with Crippen LogP contribution in [0.25, 0.3) is 11.3 Å². The molecule has 3 N–H and O–H groups in total. The van der Waals surface area contributed by atoms with Crippen molar-refractivity contribution in [2.24, 2.45) is 5.73 Å². The van der Waals surface area contributed by atoms with E-state index in [0.29, 0.717) is 29.4 Å². The van der Waals surface area contributed by atoms with Crippen molar-refractivity contribution < 1.29 is 14.3 Å². The summed E-state index contributed by atoms with van der Waals surface area (Å²) in [4.78, 5) is 11.5. The number of nitrogens with zero attached hydrogens (tertiary/aromatic N) is 2. The molecule has 1 aliphatic rings. The van der Waals surface area contributed by atoms with Crippen molar-refractivity contribution in [1.29, 1.82) is 0 Å². The van der Waals surface area contributed by atoms with E-state index in [1.54, 1.807) is 6.07 Å². The largest absolute Gasteiger partial charge is 0.490 e. The highest BCUT2D eigenvalue weighted by Crippen LogP contribution is 2.41. The Balaban J connectivity index is 2.00. The Morgan fingerprint density at radius 1 is 1.38 bits per heavy atom. The van der Waals surface area contributed by atoms with Gasteiger partial charge in [-0.1, -0.05) is 0 Å². The molecule has 0 radical (unpaired) electrons. The number of H-pyrrole nitrogens is 1. The lowest BCUT2D eigenvalue weighted by Gasteiger charge is -2.19. The molecule has 128 valence electrons. The molecule has 1 aliphatic carbocycles. The number of ether oxygens (including phenoxy) is 2. The fourth-order valence-corrected chi connectivity index (χ4v) is 3.39. The van der Waals surface area contributed by atoms with Gasteiger partial charge < -0.3 is 15.2 Å². The Hall–Kier alpha value is -2.09. The van der Waals surface area contributed by atoms with E-state index < -0.39 is 5.91 Å². The number of nitrogens with two attached hydrogens (primary N) is 1. The van der Waals surface area contributed by atoms with E-state index >= 15 is 0 Å². The lowest BCUT2D eigenvalue weighted by molar-refractivity contribution is 0.0996. The Morgan fingerprint density at radius 3 is 2.79 bits per heavy atom. The number of aromatic nitrogens is 3. The van der Waals surface area contributed by atoms with Crippen LogP contribution in [-0.4, -0.2) is 34.0 Å². The summed E-state index contributed by atoms with van der Waals surface area (Å²) in [6.45, 7) is 2.41. The number of carbonyl (C=O) groups is 1. The molecule has 3 rings (SSSR count). The van der Waals surface area contributed by atoms with E-state index in [1.165, 1.54) is 12.8 Å². The minimum Gasteiger partial charge on any atom is -0.490 e. The van der Waals surface area contributed by atoms with E-state index in [0.717, 1.165) is 17.3 Å². The van der Waals surface area contributed by atoms with Crippen molar-refractivity contribution >= 4 is 21.8 Å². The number of halogens is 1. The standard InChI is InChI=1S/C16H19BrN4O3/c1-2-23-12-8-9(13-14(16(18)22)20-21-19-13)7-11(17)15(12)24-10-5-3-4-6-10/h7-8,10H,2-6H2,1H3,(H2,18,22)(H,19,20,21). The Labute approximate surface area is 148 Å². The van der Waals surface area contributed by atoms with Gasteiger partial charge in [0.05, 0.1) is 17.2 Å². The molecule has 0 unspecified atom stereocenters. The molecule has 8 heteroatoms. The zero-order valence-electron chi connectivity index (χ0n) is 13.3. The average Bonchev–Trinajstić information content (AvgIpc) is 3.21. The fourth-order valence-electron chi connectivity index (χ4n) is 2.86. The molecule has 1 amide bonds. The summed E-state index contributed by atoms with van der Waals surface area (Å²) in [5, 5.41) is 10.3. The summed E-state index contributed by atoms with van der Waals surface area (Å²) in [7, 11) is 0. The van der Waals surface area contributed by atoms with E-state index in [1.807, 2.05) is 13.0 Å². The van der Waals surface area contributed by atoms with Gasteiger partial charge in [-0.3, -0.25) is 4.79 Å². The summed E-state index contributed by atoms with van der Waals surface area (Å²) in [5.41, 5.74) is 6.49. The molecule has 2 aromatic rings. The van der Waals surface area contributed by atoms with Crippen LogP contribution in [0.4, 0.5) is 0 Å². The predicted octanol–water partition coefficient (Wildman–Crippen LogP) is 3.05. The lowest BCUT2D eigenvalue weighted by Crippen LogP contribution is -2.13. The van der Waals surface area contributed by atoms with Crippen LogP contribution in [0.1, 0.15) is 43.1 Å². The van der Waals surface area contributed by atoms with E-state index in [-0.39, 0.29) is 11.8 Å². The van der Waals surface area contributed by atoms with Crippen LogP contribution < -0.4 is 15.2 Å². The summed E-state index contributed by atoms with van der Waals surface area (Å²) >= 11 is 3.54. The van der Waals surface area contributed by atoms with Gasteiger partial charge in [-0.05, 0) is 60.7 Å². The third-order valence-corrected chi connectivity index (χ3v) is 4.54. The third-order valence-electron chi connectivity index (χ3n) is 3.95. The average molecular weight is 395 g/mol. The molecule has 0 saturated heterocycles. The maximum Gasteiger partial charge on any atom is 0.271 e. The quantitative estimate of drug-likeness (QED) is 0.783. The van der Waals surface area contributed by atoms with Crippen LogP contribution in [0, 0.1) is 0 Å². The number of aromatic amines is 1. The second-order valence-electron chi connectivity index (χ2n) is 5.63. The van der Waals surface area contributed by atoms with Gasteiger partial charge in [0.15, 0.2) is 17.2 Å². The summed E-state index contributed by atoms with van der Waals surface area (Å²) in [6.07, 6.45) is 4.68. The molecule has 7 nitrogen and oxygen atoms in total. The van der Waals surface area contributed by atoms with Crippen molar-refractivity contribution in [3.8, 4) is 22.8 Å². The van der Waals surface area contributed by atoms with Crippen LogP contribution in [0.5, 0.6) is 11.5 Å². The van der Waals surface area contributed by atoms with Gasteiger partial charge in [-0.25, -0.2) is 0 Å². The maximum atomic E-state index is 11.5. The second kappa shape index (κ2) is 7.21. The smallest absolute Gasteiger partial charge is 0.271 e. The van der Waals surface area contributed by atoms with Crippen LogP contribution in [0.2, 0.25) is 0 Å². The molecular formula is C16H19BrN4O3. The predicted molar refractivity (Wildman–Crippen MR) is 92.1 cm³/mol. The first-order valence-corrected chi connectivity index (χ1v) is 8.73. The van der Waals surface area contributed by atoms with Crippen molar-refractivity contribution in [2.45, 2.75) is 38.7 Å². The first-order chi connectivity index (χ1) is 11.6. The lowest BCUT2D eigenvalue weighted by atomic mass is 10.1. The van der Waals surface area contributed by atoms with Gasteiger partial charge >= 0.3 is 0 Å². The molecule has 0 bridgehead atoms. The normalized spacial score (nSPS) is 14.8. The SMILES string of the molecule is CCOc1cc(-c2n[nH]nc2C(N)=O)cc(Br)c1OC1CCCC1. The summed E-state index contributed by atoms with van der Waals surface area (Å²) in [6, 6.07) is 3.62. The molecule has 1 aromatic heterocycles.